The Kier molecular flexibility index (Phi) is 5.40. The van der Waals surface area contributed by atoms with Crippen LogP contribution in [0.3, 0.4) is 0 Å². The molecule has 1 atom stereocenters. The van der Waals surface area contributed by atoms with Crippen molar-refractivity contribution in [3.63, 3.8) is 0 Å². The molecule has 0 aliphatic carbocycles. The van der Waals surface area contributed by atoms with Crippen LogP contribution in [0.5, 0.6) is 0 Å². The van der Waals surface area contributed by atoms with Gasteiger partial charge < -0.3 is 15.0 Å². The van der Waals surface area contributed by atoms with Gasteiger partial charge in [0.2, 0.25) is 0 Å². The van der Waals surface area contributed by atoms with Crippen LogP contribution in [0.15, 0.2) is 67.1 Å². The Labute approximate surface area is 182 Å². The van der Waals surface area contributed by atoms with Gasteiger partial charge in [-0.15, -0.1) is 0 Å². The topological polar surface area (TPSA) is 66.2 Å². The van der Waals surface area contributed by atoms with Crippen molar-refractivity contribution in [1.82, 2.24) is 19.4 Å². The lowest BCUT2D eigenvalue weighted by atomic mass is 10.00. The fourth-order valence-electron chi connectivity index (χ4n) is 4.31. The molecule has 5 rings (SSSR count). The molecular weight excluding hydrogens is 386 g/mol. The van der Waals surface area contributed by atoms with Crippen molar-refractivity contribution in [2.45, 2.75) is 19.1 Å². The average molecular weight is 414 g/mol. The van der Waals surface area contributed by atoms with E-state index in [9.17, 15) is 5.11 Å². The van der Waals surface area contributed by atoms with Gasteiger partial charge in [0, 0.05) is 39.4 Å². The number of aromatic nitrogens is 3. The van der Waals surface area contributed by atoms with Gasteiger partial charge in [-0.2, -0.15) is 0 Å². The number of imidazole rings is 1. The van der Waals surface area contributed by atoms with Crippen LogP contribution in [0.1, 0.15) is 11.1 Å². The van der Waals surface area contributed by atoms with Crippen LogP contribution in [0.25, 0.3) is 22.2 Å². The SMILES string of the molecule is Cn1cnc2ccc(-c3ccnc(NC[C@H](O)CN4CCc5ccccc5C4)c3)cc21. The molecule has 3 heterocycles. The fraction of sp³-hybridized carbons (Fsp3) is 0.280. The summed E-state index contributed by atoms with van der Waals surface area (Å²) in [4.78, 5) is 11.1. The maximum absolute atomic E-state index is 10.6. The molecule has 0 unspecified atom stereocenters. The van der Waals surface area contributed by atoms with E-state index >= 15 is 0 Å². The molecule has 0 saturated carbocycles. The zero-order chi connectivity index (χ0) is 21.2. The maximum Gasteiger partial charge on any atom is 0.126 e. The summed E-state index contributed by atoms with van der Waals surface area (Å²) in [5, 5.41) is 13.9. The number of aliphatic hydroxyl groups excluding tert-OH is 1. The maximum atomic E-state index is 10.6. The van der Waals surface area contributed by atoms with Crippen molar-refractivity contribution in [3.8, 4) is 11.1 Å². The lowest BCUT2D eigenvalue weighted by molar-refractivity contribution is 0.114. The minimum Gasteiger partial charge on any atom is -0.390 e. The molecule has 6 heteroatoms. The van der Waals surface area contributed by atoms with E-state index < -0.39 is 6.10 Å². The molecule has 2 N–H and O–H groups in total. The number of aryl methyl sites for hydroxylation is 1. The summed E-state index contributed by atoms with van der Waals surface area (Å²) < 4.78 is 2.02. The highest BCUT2D eigenvalue weighted by atomic mass is 16.3. The second-order valence-corrected chi connectivity index (χ2v) is 8.28. The van der Waals surface area contributed by atoms with Crippen LogP contribution in [0, 0.1) is 0 Å². The first-order valence-corrected chi connectivity index (χ1v) is 10.7. The Hall–Kier alpha value is -3.22. The predicted octanol–water partition coefficient (Wildman–Crippen LogP) is 3.47. The minimum atomic E-state index is -0.457. The van der Waals surface area contributed by atoms with Crippen LogP contribution in [0.2, 0.25) is 0 Å². The van der Waals surface area contributed by atoms with Gasteiger partial charge in [0.25, 0.3) is 0 Å². The van der Waals surface area contributed by atoms with E-state index in [1.54, 1.807) is 6.20 Å². The quantitative estimate of drug-likeness (QED) is 0.507. The molecule has 0 radical (unpaired) electrons. The minimum absolute atomic E-state index is 0.457. The van der Waals surface area contributed by atoms with Gasteiger partial charge in [-0.1, -0.05) is 30.3 Å². The van der Waals surface area contributed by atoms with Gasteiger partial charge in [-0.25, -0.2) is 9.97 Å². The summed E-state index contributed by atoms with van der Waals surface area (Å²) >= 11 is 0. The summed E-state index contributed by atoms with van der Waals surface area (Å²) in [6.07, 6.45) is 4.22. The number of pyridine rings is 1. The lowest BCUT2D eigenvalue weighted by Crippen LogP contribution is -2.39. The molecule has 2 aromatic heterocycles. The Morgan fingerprint density at radius 1 is 1.03 bits per heavy atom. The summed E-state index contributed by atoms with van der Waals surface area (Å²) in [5.41, 5.74) is 7.09. The summed E-state index contributed by atoms with van der Waals surface area (Å²) in [6.45, 7) is 3.00. The van der Waals surface area contributed by atoms with Gasteiger partial charge in [0.1, 0.15) is 5.82 Å². The molecule has 0 spiro atoms. The molecule has 0 bridgehead atoms. The molecule has 4 aromatic rings. The van der Waals surface area contributed by atoms with Crippen LogP contribution < -0.4 is 5.32 Å². The number of nitrogens with zero attached hydrogens (tertiary/aromatic N) is 4. The van der Waals surface area contributed by atoms with Crippen molar-refractivity contribution in [3.05, 3.63) is 78.2 Å². The van der Waals surface area contributed by atoms with Gasteiger partial charge in [-0.3, -0.25) is 4.90 Å². The summed E-state index contributed by atoms with van der Waals surface area (Å²) in [7, 11) is 2.00. The third-order valence-electron chi connectivity index (χ3n) is 6.02. The van der Waals surface area contributed by atoms with Crippen LogP contribution in [-0.2, 0) is 20.0 Å². The number of fused-ring (bicyclic) bond motifs is 2. The van der Waals surface area contributed by atoms with E-state index in [1.807, 2.05) is 36.1 Å². The van der Waals surface area contributed by atoms with Crippen molar-refractivity contribution in [1.29, 1.82) is 0 Å². The van der Waals surface area contributed by atoms with E-state index in [1.165, 1.54) is 11.1 Å². The Morgan fingerprint density at radius 2 is 1.87 bits per heavy atom. The molecule has 0 fully saturated rings. The van der Waals surface area contributed by atoms with Crippen molar-refractivity contribution >= 4 is 16.9 Å². The Morgan fingerprint density at radius 3 is 2.77 bits per heavy atom. The highest BCUT2D eigenvalue weighted by Gasteiger charge is 2.18. The lowest BCUT2D eigenvalue weighted by Gasteiger charge is -2.30. The first kappa shape index (κ1) is 19.7. The second-order valence-electron chi connectivity index (χ2n) is 8.28. The monoisotopic (exact) mass is 413 g/mol. The van der Waals surface area contributed by atoms with Crippen LogP contribution in [-0.4, -0.2) is 50.3 Å². The summed E-state index contributed by atoms with van der Waals surface area (Å²) in [6, 6.07) is 18.9. The predicted molar refractivity (Wildman–Crippen MR) is 124 cm³/mol. The molecule has 2 aromatic carbocycles. The normalized spacial score (nSPS) is 15.0. The van der Waals surface area contributed by atoms with E-state index in [0.717, 1.165) is 47.5 Å². The smallest absolute Gasteiger partial charge is 0.126 e. The number of aliphatic hydroxyl groups is 1. The first-order chi connectivity index (χ1) is 15.2. The highest BCUT2D eigenvalue weighted by Crippen LogP contribution is 2.25. The van der Waals surface area contributed by atoms with Crippen LogP contribution >= 0.6 is 0 Å². The van der Waals surface area contributed by atoms with Crippen molar-refractivity contribution < 1.29 is 5.11 Å². The third-order valence-corrected chi connectivity index (χ3v) is 6.02. The van der Waals surface area contributed by atoms with Crippen molar-refractivity contribution in [2.24, 2.45) is 7.05 Å². The number of hydrogen-bond donors (Lipinski definition) is 2. The van der Waals surface area contributed by atoms with E-state index in [4.69, 9.17) is 0 Å². The van der Waals surface area contributed by atoms with Gasteiger partial charge in [0.15, 0.2) is 0 Å². The molecular formula is C25H27N5O. The summed E-state index contributed by atoms with van der Waals surface area (Å²) in [5.74, 6) is 0.769. The number of β-amino-alcohol motifs (C(OH)–C–C–N with tert-alkyl or cyclic N) is 1. The van der Waals surface area contributed by atoms with E-state index in [-0.39, 0.29) is 0 Å². The molecule has 31 heavy (non-hydrogen) atoms. The van der Waals surface area contributed by atoms with E-state index in [2.05, 4.69) is 56.6 Å². The highest BCUT2D eigenvalue weighted by molar-refractivity contribution is 5.82. The molecule has 6 nitrogen and oxygen atoms in total. The first-order valence-electron chi connectivity index (χ1n) is 10.7. The molecule has 1 aliphatic heterocycles. The Balaban J connectivity index is 1.21. The third kappa shape index (κ3) is 4.31. The molecule has 0 amide bonds. The number of benzene rings is 2. The van der Waals surface area contributed by atoms with E-state index in [0.29, 0.717) is 13.1 Å². The second kappa shape index (κ2) is 8.49. The fourth-order valence-corrected chi connectivity index (χ4v) is 4.31. The number of hydrogen-bond acceptors (Lipinski definition) is 5. The largest absolute Gasteiger partial charge is 0.390 e. The average Bonchev–Trinajstić information content (AvgIpc) is 3.18. The molecule has 158 valence electrons. The molecule has 0 saturated heterocycles. The Bertz CT molecular complexity index is 1200. The zero-order valence-electron chi connectivity index (χ0n) is 17.7. The van der Waals surface area contributed by atoms with Gasteiger partial charge >= 0.3 is 0 Å². The van der Waals surface area contributed by atoms with Gasteiger partial charge in [-0.05, 0) is 52.9 Å². The van der Waals surface area contributed by atoms with Crippen molar-refractivity contribution in [2.75, 3.05) is 25.0 Å². The van der Waals surface area contributed by atoms with Gasteiger partial charge in [0.05, 0.1) is 23.5 Å². The number of nitrogens with one attached hydrogen (secondary N) is 1. The number of rotatable bonds is 6. The molecule has 1 aliphatic rings. The standard InChI is InChI=1S/C25H27N5O/c1-29-17-28-23-7-6-19(12-24(23)29)20-8-10-26-25(13-20)27-14-22(31)16-30-11-9-18-4-2-3-5-21(18)15-30/h2-8,10,12-13,17,22,31H,9,11,14-16H2,1H3,(H,26,27)/t22-/m0/s1. The van der Waals surface area contributed by atoms with Crippen LogP contribution in [0.4, 0.5) is 5.82 Å². The number of anilines is 1. The zero-order valence-corrected chi connectivity index (χ0v) is 17.7.